The summed E-state index contributed by atoms with van der Waals surface area (Å²) in [7, 11) is 1.25. The average Bonchev–Trinajstić information content (AvgIpc) is 3.17. The van der Waals surface area contributed by atoms with Gasteiger partial charge in [-0.3, -0.25) is 4.79 Å². The summed E-state index contributed by atoms with van der Waals surface area (Å²) in [5.74, 6) is -0.970. The third kappa shape index (κ3) is 5.43. The number of hydrogen-bond donors (Lipinski definition) is 2. The number of methoxy groups -OCH3 is 1. The van der Waals surface area contributed by atoms with Crippen LogP contribution < -0.4 is 5.43 Å². The first-order valence-corrected chi connectivity index (χ1v) is 11.4. The first kappa shape index (κ1) is 24.5. The van der Waals surface area contributed by atoms with E-state index in [1.54, 1.807) is 12.3 Å². The number of thiophene rings is 1. The van der Waals surface area contributed by atoms with Crippen molar-refractivity contribution in [3.05, 3.63) is 75.1 Å². The number of nitrogens with zero attached hydrogens (tertiary/aromatic N) is 1. The number of carbonyl (C=O) groups is 2. The lowest BCUT2D eigenvalue weighted by Gasteiger charge is -2.19. The van der Waals surface area contributed by atoms with E-state index in [1.165, 1.54) is 42.2 Å². The lowest BCUT2D eigenvalue weighted by Crippen LogP contribution is -2.19. The standard InChI is InChI=1S/C25H25ClN2O4S/c1-14(27-28-23(30)16-8-11-18(20(26)12-16)24(31)32-5)19-13-33-22(21(19)29)15-6-9-17(10-7-15)25(2,3)4/h6-13,29H,1-5H3,(H,28,30)/b27-14-. The zero-order chi connectivity index (χ0) is 24.3. The zero-order valence-corrected chi connectivity index (χ0v) is 20.6. The molecule has 0 aliphatic rings. The van der Waals surface area contributed by atoms with Crippen LogP contribution in [-0.2, 0) is 10.2 Å². The molecule has 0 unspecified atom stereocenters. The van der Waals surface area contributed by atoms with Crippen LogP contribution in [0.2, 0.25) is 5.02 Å². The number of nitrogens with one attached hydrogen (secondary N) is 1. The summed E-state index contributed by atoms with van der Waals surface area (Å²) in [6.07, 6.45) is 0. The number of ether oxygens (including phenoxy) is 1. The normalized spacial score (nSPS) is 11.9. The van der Waals surface area contributed by atoms with Gasteiger partial charge in [-0.15, -0.1) is 11.3 Å². The Balaban J connectivity index is 1.77. The molecular formula is C25H25ClN2O4S. The third-order valence-corrected chi connectivity index (χ3v) is 6.46. The summed E-state index contributed by atoms with van der Waals surface area (Å²) in [4.78, 5) is 24.8. The predicted octanol–water partition coefficient (Wildman–Crippen LogP) is 6.01. The molecular weight excluding hydrogens is 460 g/mol. The molecule has 33 heavy (non-hydrogen) atoms. The molecule has 0 aliphatic carbocycles. The van der Waals surface area contributed by atoms with Gasteiger partial charge < -0.3 is 9.84 Å². The number of esters is 1. The maximum absolute atomic E-state index is 12.5. The van der Waals surface area contributed by atoms with E-state index < -0.39 is 11.9 Å². The van der Waals surface area contributed by atoms with Gasteiger partial charge in [0.1, 0.15) is 5.75 Å². The summed E-state index contributed by atoms with van der Waals surface area (Å²) in [6.45, 7) is 8.15. The van der Waals surface area contributed by atoms with Crippen molar-refractivity contribution in [1.82, 2.24) is 5.43 Å². The van der Waals surface area contributed by atoms with E-state index in [0.29, 0.717) is 11.3 Å². The van der Waals surface area contributed by atoms with Gasteiger partial charge in [0, 0.05) is 10.9 Å². The van der Waals surface area contributed by atoms with E-state index in [9.17, 15) is 14.7 Å². The van der Waals surface area contributed by atoms with E-state index in [4.69, 9.17) is 11.6 Å². The van der Waals surface area contributed by atoms with Crippen LogP contribution in [0.5, 0.6) is 5.75 Å². The summed E-state index contributed by atoms with van der Waals surface area (Å²) in [5.41, 5.74) is 6.02. The van der Waals surface area contributed by atoms with E-state index in [-0.39, 0.29) is 27.3 Å². The van der Waals surface area contributed by atoms with Crippen LogP contribution in [0.4, 0.5) is 0 Å². The van der Waals surface area contributed by atoms with Crippen molar-refractivity contribution >= 4 is 40.5 Å². The smallest absolute Gasteiger partial charge is 0.339 e. The van der Waals surface area contributed by atoms with Gasteiger partial charge in [0.2, 0.25) is 0 Å². The SMILES string of the molecule is COC(=O)c1ccc(C(=O)N/N=C(/C)c2csc(-c3ccc(C(C)(C)C)cc3)c2O)cc1Cl. The van der Waals surface area contributed by atoms with Crippen LogP contribution in [0.15, 0.2) is 52.9 Å². The van der Waals surface area contributed by atoms with Crippen LogP contribution in [0.3, 0.4) is 0 Å². The van der Waals surface area contributed by atoms with Crippen molar-refractivity contribution in [3.63, 3.8) is 0 Å². The molecule has 1 aromatic heterocycles. The number of rotatable bonds is 5. The minimum absolute atomic E-state index is 0.0481. The largest absolute Gasteiger partial charge is 0.506 e. The van der Waals surface area contributed by atoms with Gasteiger partial charge in [-0.1, -0.05) is 56.6 Å². The molecule has 8 heteroatoms. The number of benzene rings is 2. The molecule has 172 valence electrons. The monoisotopic (exact) mass is 484 g/mol. The molecule has 0 aliphatic heterocycles. The number of hydrogen-bond acceptors (Lipinski definition) is 6. The Bertz CT molecular complexity index is 1220. The van der Waals surface area contributed by atoms with Crippen molar-refractivity contribution in [2.75, 3.05) is 7.11 Å². The Hall–Kier alpha value is -3.16. The summed E-state index contributed by atoms with van der Waals surface area (Å²) in [5, 5.41) is 16.8. The fraction of sp³-hybridized carbons (Fsp3) is 0.240. The van der Waals surface area contributed by atoms with Crippen molar-refractivity contribution in [3.8, 4) is 16.2 Å². The highest BCUT2D eigenvalue weighted by atomic mass is 35.5. The molecule has 0 radical (unpaired) electrons. The van der Waals surface area contributed by atoms with Crippen molar-refractivity contribution in [2.45, 2.75) is 33.1 Å². The fourth-order valence-electron chi connectivity index (χ4n) is 3.13. The Morgan fingerprint density at radius 1 is 1.09 bits per heavy atom. The van der Waals surface area contributed by atoms with Crippen LogP contribution in [0.25, 0.3) is 10.4 Å². The molecule has 0 atom stereocenters. The molecule has 0 saturated heterocycles. The van der Waals surface area contributed by atoms with Gasteiger partial charge >= 0.3 is 5.97 Å². The predicted molar refractivity (Wildman–Crippen MR) is 133 cm³/mol. The molecule has 0 bridgehead atoms. The van der Waals surface area contributed by atoms with Crippen LogP contribution in [0.1, 0.15) is 59.5 Å². The van der Waals surface area contributed by atoms with E-state index >= 15 is 0 Å². The Morgan fingerprint density at radius 3 is 2.33 bits per heavy atom. The van der Waals surface area contributed by atoms with Crippen molar-refractivity contribution in [1.29, 1.82) is 0 Å². The van der Waals surface area contributed by atoms with Gasteiger partial charge in [0.15, 0.2) is 0 Å². The first-order valence-electron chi connectivity index (χ1n) is 10.2. The van der Waals surface area contributed by atoms with Crippen LogP contribution in [-0.4, -0.2) is 29.8 Å². The highest BCUT2D eigenvalue weighted by Crippen LogP contribution is 2.39. The van der Waals surface area contributed by atoms with Gasteiger partial charge in [-0.25, -0.2) is 10.2 Å². The molecule has 0 spiro atoms. The highest BCUT2D eigenvalue weighted by molar-refractivity contribution is 7.14. The molecule has 1 amide bonds. The number of amides is 1. The van der Waals surface area contributed by atoms with Crippen LogP contribution >= 0.6 is 22.9 Å². The van der Waals surface area contributed by atoms with E-state index in [1.807, 2.05) is 12.1 Å². The van der Waals surface area contributed by atoms with Gasteiger partial charge in [-0.05, 0) is 41.7 Å². The lowest BCUT2D eigenvalue weighted by atomic mass is 9.86. The third-order valence-electron chi connectivity index (χ3n) is 5.13. The first-order chi connectivity index (χ1) is 15.5. The van der Waals surface area contributed by atoms with Gasteiger partial charge in [0.05, 0.1) is 33.8 Å². The minimum atomic E-state index is -0.586. The second-order valence-corrected chi connectivity index (χ2v) is 9.77. The topological polar surface area (TPSA) is 88.0 Å². The molecule has 1 heterocycles. The second-order valence-electron chi connectivity index (χ2n) is 8.48. The summed E-state index contributed by atoms with van der Waals surface area (Å²) < 4.78 is 4.64. The molecule has 2 aromatic carbocycles. The minimum Gasteiger partial charge on any atom is -0.506 e. The zero-order valence-electron chi connectivity index (χ0n) is 19.0. The van der Waals surface area contributed by atoms with E-state index in [0.717, 1.165) is 10.4 Å². The average molecular weight is 485 g/mol. The van der Waals surface area contributed by atoms with Gasteiger partial charge in [-0.2, -0.15) is 5.10 Å². The van der Waals surface area contributed by atoms with E-state index in [2.05, 4.69) is 48.2 Å². The molecule has 3 aromatic rings. The van der Waals surface area contributed by atoms with Crippen LogP contribution in [0, 0.1) is 0 Å². The molecule has 2 N–H and O–H groups in total. The number of halogens is 1. The number of aromatic hydroxyl groups is 1. The molecule has 0 fully saturated rings. The highest BCUT2D eigenvalue weighted by Gasteiger charge is 2.18. The Labute approximate surface area is 201 Å². The Kier molecular flexibility index (Phi) is 7.25. The molecule has 6 nitrogen and oxygen atoms in total. The quantitative estimate of drug-likeness (QED) is 0.263. The molecule has 3 rings (SSSR count). The van der Waals surface area contributed by atoms with Gasteiger partial charge in [0.25, 0.3) is 5.91 Å². The molecule has 0 saturated carbocycles. The van der Waals surface area contributed by atoms with Crippen molar-refractivity contribution in [2.24, 2.45) is 5.10 Å². The number of carbonyl (C=O) groups excluding carboxylic acids is 2. The maximum atomic E-state index is 12.5. The second kappa shape index (κ2) is 9.77. The summed E-state index contributed by atoms with van der Waals surface area (Å²) >= 11 is 7.48. The lowest BCUT2D eigenvalue weighted by molar-refractivity contribution is 0.0600. The maximum Gasteiger partial charge on any atom is 0.339 e. The fourth-order valence-corrected chi connectivity index (χ4v) is 4.40. The number of hydrazone groups is 1. The summed E-state index contributed by atoms with van der Waals surface area (Å²) in [6, 6.07) is 12.4. The van der Waals surface area contributed by atoms with Crippen molar-refractivity contribution < 1.29 is 19.4 Å². The Morgan fingerprint density at radius 2 is 1.76 bits per heavy atom.